The lowest BCUT2D eigenvalue weighted by atomic mass is 10.2. The number of pyridine rings is 1. The normalized spacial score (nSPS) is 12.9. The molecule has 0 radical (unpaired) electrons. The van der Waals surface area contributed by atoms with Gasteiger partial charge in [-0.1, -0.05) is 0 Å². The summed E-state index contributed by atoms with van der Waals surface area (Å²) in [5.74, 6) is 0.484. The van der Waals surface area contributed by atoms with Gasteiger partial charge >= 0.3 is 12.1 Å². The Hall–Kier alpha value is -3.80. The highest BCUT2D eigenvalue weighted by Crippen LogP contribution is 2.20. The third-order valence-electron chi connectivity index (χ3n) is 3.83. The fourth-order valence-electron chi connectivity index (χ4n) is 2.52. The van der Waals surface area contributed by atoms with Crippen molar-refractivity contribution in [3.8, 4) is 6.07 Å². The molecular formula is C18H18N6O3. The summed E-state index contributed by atoms with van der Waals surface area (Å²) in [7, 11) is 0. The van der Waals surface area contributed by atoms with Gasteiger partial charge in [-0.05, 0) is 36.4 Å². The van der Waals surface area contributed by atoms with Crippen LogP contribution in [0, 0.1) is 11.3 Å². The Morgan fingerprint density at radius 3 is 2.78 bits per heavy atom. The molecular weight excluding hydrogens is 348 g/mol. The molecule has 1 aliphatic heterocycles. The Morgan fingerprint density at radius 1 is 1.26 bits per heavy atom. The van der Waals surface area contributed by atoms with Gasteiger partial charge in [-0.3, -0.25) is 4.90 Å². The Kier molecular flexibility index (Phi) is 5.69. The highest BCUT2D eigenvalue weighted by atomic mass is 16.6. The summed E-state index contributed by atoms with van der Waals surface area (Å²) in [6.07, 6.45) is 1.22. The Labute approximate surface area is 155 Å². The minimum atomic E-state index is -0.367. The third kappa shape index (κ3) is 4.64. The summed E-state index contributed by atoms with van der Waals surface area (Å²) in [4.78, 5) is 29.1. The van der Waals surface area contributed by atoms with Crippen molar-refractivity contribution in [2.75, 3.05) is 41.8 Å². The van der Waals surface area contributed by atoms with E-state index in [0.29, 0.717) is 43.3 Å². The van der Waals surface area contributed by atoms with Crippen molar-refractivity contribution in [2.24, 2.45) is 0 Å². The van der Waals surface area contributed by atoms with Gasteiger partial charge in [0.1, 0.15) is 18.5 Å². The first-order valence-electron chi connectivity index (χ1n) is 8.35. The van der Waals surface area contributed by atoms with Crippen LogP contribution < -0.4 is 20.9 Å². The minimum Gasteiger partial charge on any atom is -0.447 e. The van der Waals surface area contributed by atoms with Crippen LogP contribution in [0.1, 0.15) is 5.56 Å². The number of nitrogens with one attached hydrogen (secondary N) is 3. The number of nitriles is 1. The minimum absolute atomic E-state index is 0.352. The van der Waals surface area contributed by atoms with E-state index < -0.39 is 0 Å². The predicted molar refractivity (Wildman–Crippen MR) is 99.6 cm³/mol. The molecule has 0 unspecified atom stereocenters. The fraction of sp³-hybridized carbons (Fsp3) is 0.222. The molecule has 9 heteroatoms. The van der Waals surface area contributed by atoms with Gasteiger partial charge in [0.2, 0.25) is 0 Å². The summed E-state index contributed by atoms with van der Waals surface area (Å²) in [5.41, 5.74) is 1.77. The van der Waals surface area contributed by atoms with E-state index in [9.17, 15) is 9.59 Å². The smallest absolute Gasteiger partial charge is 0.414 e. The van der Waals surface area contributed by atoms with Gasteiger partial charge in [-0.25, -0.2) is 14.6 Å². The number of hydrogen-bond donors (Lipinski definition) is 3. The summed E-state index contributed by atoms with van der Waals surface area (Å²) in [6.45, 7) is 1.67. The van der Waals surface area contributed by atoms with E-state index in [0.717, 1.165) is 5.69 Å². The van der Waals surface area contributed by atoms with Crippen molar-refractivity contribution in [3.63, 3.8) is 0 Å². The van der Waals surface area contributed by atoms with Gasteiger partial charge in [0.05, 0.1) is 12.1 Å². The van der Waals surface area contributed by atoms with E-state index in [2.05, 4.69) is 20.9 Å². The average molecular weight is 366 g/mol. The van der Waals surface area contributed by atoms with Crippen molar-refractivity contribution in [1.29, 1.82) is 5.26 Å². The molecule has 3 rings (SSSR count). The molecule has 1 aromatic carbocycles. The van der Waals surface area contributed by atoms with Crippen LogP contribution in [0.2, 0.25) is 0 Å². The quantitative estimate of drug-likeness (QED) is 0.674. The van der Waals surface area contributed by atoms with Crippen molar-refractivity contribution >= 4 is 29.3 Å². The van der Waals surface area contributed by atoms with Crippen LogP contribution in [-0.4, -0.2) is 43.3 Å². The highest BCUT2D eigenvalue weighted by Gasteiger charge is 2.23. The molecule has 2 heterocycles. The van der Waals surface area contributed by atoms with E-state index in [1.165, 1.54) is 4.90 Å². The number of carbonyl (C=O) groups excluding carboxylic acids is 2. The van der Waals surface area contributed by atoms with E-state index in [1.54, 1.807) is 42.6 Å². The Morgan fingerprint density at radius 2 is 2.07 bits per heavy atom. The number of amides is 3. The maximum Gasteiger partial charge on any atom is 0.414 e. The zero-order valence-electron chi connectivity index (χ0n) is 14.4. The molecule has 0 aliphatic carbocycles. The SMILES string of the molecule is N#Cc1cccnc1NCCNC(=O)Nc1ccc(N2CCOC2=O)cc1. The molecule has 0 saturated carbocycles. The van der Waals surface area contributed by atoms with Gasteiger partial charge < -0.3 is 20.7 Å². The summed E-state index contributed by atoms with van der Waals surface area (Å²) in [6, 6.07) is 12.0. The molecule has 2 aromatic rings. The van der Waals surface area contributed by atoms with Crippen molar-refractivity contribution < 1.29 is 14.3 Å². The van der Waals surface area contributed by atoms with Gasteiger partial charge in [0.25, 0.3) is 0 Å². The molecule has 1 aliphatic rings. The van der Waals surface area contributed by atoms with Crippen molar-refractivity contribution in [3.05, 3.63) is 48.2 Å². The topological polar surface area (TPSA) is 119 Å². The number of ether oxygens (including phenoxy) is 1. The average Bonchev–Trinajstić information content (AvgIpc) is 3.12. The van der Waals surface area contributed by atoms with Crippen LogP contribution in [0.4, 0.5) is 26.8 Å². The molecule has 9 nitrogen and oxygen atoms in total. The van der Waals surface area contributed by atoms with Crippen LogP contribution in [0.5, 0.6) is 0 Å². The fourth-order valence-corrected chi connectivity index (χ4v) is 2.52. The molecule has 1 fully saturated rings. The van der Waals surface area contributed by atoms with Gasteiger partial charge in [0, 0.05) is 30.7 Å². The largest absolute Gasteiger partial charge is 0.447 e. The number of cyclic esters (lactones) is 1. The number of nitrogens with zero attached hydrogens (tertiary/aromatic N) is 3. The van der Waals surface area contributed by atoms with E-state index in [-0.39, 0.29) is 12.1 Å². The number of benzene rings is 1. The zero-order valence-corrected chi connectivity index (χ0v) is 14.4. The van der Waals surface area contributed by atoms with Gasteiger partial charge in [-0.15, -0.1) is 0 Å². The highest BCUT2D eigenvalue weighted by molar-refractivity contribution is 5.91. The zero-order chi connectivity index (χ0) is 19.1. The summed E-state index contributed by atoms with van der Waals surface area (Å²) >= 11 is 0. The second kappa shape index (κ2) is 8.53. The van der Waals surface area contributed by atoms with E-state index in [1.807, 2.05) is 6.07 Å². The van der Waals surface area contributed by atoms with E-state index in [4.69, 9.17) is 10.00 Å². The molecule has 0 atom stereocenters. The number of anilines is 3. The third-order valence-corrected chi connectivity index (χ3v) is 3.83. The lowest BCUT2D eigenvalue weighted by Gasteiger charge is -2.13. The monoisotopic (exact) mass is 366 g/mol. The first-order chi connectivity index (χ1) is 13.2. The summed E-state index contributed by atoms with van der Waals surface area (Å²) in [5, 5.41) is 17.4. The maximum absolute atomic E-state index is 11.9. The predicted octanol–water partition coefficient (Wildman–Crippen LogP) is 2.14. The lowest BCUT2D eigenvalue weighted by molar-refractivity contribution is 0.181. The van der Waals surface area contributed by atoms with Crippen molar-refractivity contribution in [1.82, 2.24) is 10.3 Å². The number of carbonyl (C=O) groups is 2. The van der Waals surface area contributed by atoms with Crippen LogP contribution >= 0.6 is 0 Å². The van der Waals surface area contributed by atoms with E-state index >= 15 is 0 Å². The molecule has 3 amide bonds. The first kappa shape index (κ1) is 18.0. The second-order valence-corrected chi connectivity index (χ2v) is 5.63. The number of rotatable bonds is 6. The number of urea groups is 1. The molecule has 1 saturated heterocycles. The molecule has 27 heavy (non-hydrogen) atoms. The number of aromatic nitrogens is 1. The molecule has 0 spiro atoms. The van der Waals surface area contributed by atoms with Crippen molar-refractivity contribution in [2.45, 2.75) is 0 Å². The number of hydrogen-bond acceptors (Lipinski definition) is 6. The molecule has 138 valence electrons. The van der Waals surface area contributed by atoms with Gasteiger partial charge in [-0.2, -0.15) is 5.26 Å². The van der Waals surface area contributed by atoms with Crippen LogP contribution in [0.25, 0.3) is 0 Å². The molecule has 3 N–H and O–H groups in total. The second-order valence-electron chi connectivity index (χ2n) is 5.63. The Bertz CT molecular complexity index is 862. The van der Waals surface area contributed by atoms with Crippen LogP contribution in [0.3, 0.4) is 0 Å². The van der Waals surface area contributed by atoms with Crippen LogP contribution in [0.15, 0.2) is 42.6 Å². The molecule has 0 bridgehead atoms. The Balaban J connectivity index is 1.43. The standard InChI is InChI=1S/C18H18N6O3/c19-12-13-2-1-7-20-16(13)21-8-9-22-17(25)23-14-3-5-15(6-4-14)24-10-11-27-18(24)26/h1-7H,8-11H2,(H,20,21)(H2,22,23,25). The first-order valence-corrected chi connectivity index (χ1v) is 8.35. The summed E-state index contributed by atoms with van der Waals surface area (Å²) < 4.78 is 4.90. The van der Waals surface area contributed by atoms with Gasteiger partial charge in [0.15, 0.2) is 0 Å². The maximum atomic E-state index is 11.9. The lowest BCUT2D eigenvalue weighted by Crippen LogP contribution is -2.32. The van der Waals surface area contributed by atoms with Crippen LogP contribution in [-0.2, 0) is 4.74 Å². The molecule has 1 aromatic heterocycles.